The first-order valence-corrected chi connectivity index (χ1v) is 7.53. The summed E-state index contributed by atoms with van der Waals surface area (Å²) in [6.45, 7) is 3.98. The fourth-order valence-corrected chi connectivity index (χ4v) is 2.34. The molecule has 3 aromatic rings. The Morgan fingerprint density at radius 3 is 3.00 bits per heavy atom. The highest BCUT2D eigenvalue weighted by atomic mass is 16.4. The van der Waals surface area contributed by atoms with Crippen LogP contribution in [0.15, 0.2) is 24.5 Å². The molecule has 0 aromatic carbocycles. The van der Waals surface area contributed by atoms with Crippen molar-refractivity contribution in [1.29, 1.82) is 0 Å². The van der Waals surface area contributed by atoms with Gasteiger partial charge in [0.05, 0.1) is 6.20 Å². The second-order valence-electron chi connectivity index (χ2n) is 5.56. The van der Waals surface area contributed by atoms with Gasteiger partial charge in [0.25, 0.3) is 0 Å². The van der Waals surface area contributed by atoms with Gasteiger partial charge in [-0.2, -0.15) is 10.2 Å². The molecular weight excluding hydrogens is 296 g/mol. The SMILES string of the molecule is CCC(C)Cc1nc(-c2cnc3cccnn23)n(CC(=O)O)n1. The molecule has 0 spiro atoms. The molecule has 3 rings (SSSR count). The van der Waals surface area contributed by atoms with Crippen LogP contribution >= 0.6 is 0 Å². The molecule has 0 saturated carbocycles. The standard InChI is InChI=1S/C15H18N6O2/c1-3-10(2)7-12-18-15(20(19-12)9-14(22)23)11-8-16-13-5-4-6-17-21(11)13/h4-6,8,10H,3,7,9H2,1-2H3,(H,22,23). The van der Waals surface area contributed by atoms with Gasteiger partial charge < -0.3 is 5.11 Å². The normalized spacial score (nSPS) is 12.6. The molecule has 0 bridgehead atoms. The van der Waals surface area contributed by atoms with E-state index >= 15 is 0 Å². The van der Waals surface area contributed by atoms with E-state index in [-0.39, 0.29) is 6.54 Å². The molecular formula is C15H18N6O2. The molecule has 1 atom stereocenters. The molecule has 8 nitrogen and oxygen atoms in total. The first-order chi connectivity index (χ1) is 11.1. The van der Waals surface area contributed by atoms with Crippen LogP contribution in [0.5, 0.6) is 0 Å². The Bertz CT molecular complexity index is 837. The lowest BCUT2D eigenvalue weighted by Gasteiger charge is -2.02. The molecule has 0 fully saturated rings. The van der Waals surface area contributed by atoms with E-state index < -0.39 is 5.97 Å². The van der Waals surface area contributed by atoms with E-state index in [4.69, 9.17) is 5.11 Å². The molecule has 120 valence electrons. The van der Waals surface area contributed by atoms with Crippen molar-refractivity contribution < 1.29 is 9.90 Å². The zero-order valence-corrected chi connectivity index (χ0v) is 13.0. The predicted octanol–water partition coefficient (Wildman–Crippen LogP) is 1.66. The van der Waals surface area contributed by atoms with Crippen molar-refractivity contribution in [2.45, 2.75) is 33.2 Å². The maximum absolute atomic E-state index is 11.1. The molecule has 1 N–H and O–H groups in total. The van der Waals surface area contributed by atoms with E-state index in [1.165, 1.54) is 4.68 Å². The number of carboxylic acids is 1. The minimum absolute atomic E-state index is 0.247. The lowest BCUT2D eigenvalue weighted by atomic mass is 10.1. The van der Waals surface area contributed by atoms with Crippen molar-refractivity contribution in [1.82, 2.24) is 29.4 Å². The van der Waals surface area contributed by atoms with E-state index in [1.54, 1.807) is 23.0 Å². The fraction of sp³-hybridized carbons (Fsp3) is 0.400. The summed E-state index contributed by atoms with van der Waals surface area (Å²) in [5.41, 5.74) is 1.31. The molecule has 0 aliphatic carbocycles. The van der Waals surface area contributed by atoms with Crippen molar-refractivity contribution in [3.8, 4) is 11.5 Å². The third kappa shape index (κ3) is 3.05. The summed E-state index contributed by atoms with van der Waals surface area (Å²) in [7, 11) is 0. The van der Waals surface area contributed by atoms with E-state index in [0.29, 0.717) is 35.3 Å². The maximum Gasteiger partial charge on any atom is 0.325 e. The van der Waals surface area contributed by atoms with Crippen molar-refractivity contribution >= 4 is 11.6 Å². The Kier molecular flexibility index (Phi) is 4.05. The molecule has 0 radical (unpaired) electrons. The first-order valence-electron chi connectivity index (χ1n) is 7.53. The first kappa shape index (κ1) is 15.1. The summed E-state index contributed by atoms with van der Waals surface area (Å²) in [5, 5.41) is 17.7. The number of aliphatic carboxylic acids is 1. The second-order valence-corrected chi connectivity index (χ2v) is 5.56. The predicted molar refractivity (Wildman–Crippen MR) is 82.8 cm³/mol. The van der Waals surface area contributed by atoms with Gasteiger partial charge in [0, 0.05) is 12.6 Å². The minimum Gasteiger partial charge on any atom is -0.480 e. The summed E-state index contributed by atoms with van der Waals surface area (Å²) in [4.78, 5) is 19.9. The number of hydrogen-bond donors (Lipinski definition) is 1. The summed E-state index contributed by atoms with van der Waals surface area (Å²) < 4.78 is 3.04. The van der Waals surface area contributed by atoms with Gasteiger partial charge in [0.2, 0.25) is 0 Å². The smallest absolute Gasteiger partial charge is 0.325 e. The molecule has 3 heterocycles. The van der Waals surface area contributed by atoms with Crippen LogP contribution in [0.4, 0.5) is 0 Å². The minimum atomic E-state index is -0.965. The van der Waals surface area contributed by atoms with Gasteiger partial charge in [-0.15, -0.1) is 0 Å². The molecule has 3 aromatic heterocycles. The maximum atomic E-state index is 11.1. The number of rotatable bonds is 6. The van der Waals surface area contributed by atoms with Crippen LogP contribution in [0, 0.1) is 5.92 Å². The van der Waals surface area contributed by atoms with E-state index in [0.717, 1.165) is 6.42 Å². The van der Waals surface area contributed by atoms with Gasteiger partial charge in [-0.3, -0.25) is 4.79 Å². The zero-order valence-electron chi connectivity index (χ0n) is 13.0. The largest absolute Gasteiger partial charge is 0.480 e. The molecule has 1 unspecified atom stereocenters. The monoisotopic (exact) mass is 314 g/mol. The van der Waals surface area contributed by atoms with Crippen LogP contribution in [-0.4, -0.2) is 40.4 Å². The quantitative estimate of drug-likeness (QED) is 0.743. The Labute approximate surface area is 132 Å². The number of carbonyl (C=O) groups is 1. The molecule has 0 saturated heterocycles. The van der Waals surface area contributed by atoms with Crippen LogP contribution in [0.2, 0.25) is 0 Å². The van der Waals surface area contributed by atoms with Gasteiger partial charge in [0.1, 0.15) is 12.2 Å². The van der Waals surface area contributed by atoms with E-state index in [9.17, 15) is 4.79 Å². The van der Waals surface area contributed by atoms with E-state index in [2.05, 4.69) is 34.0 Å². The van der Waals surface area contributed by atoms with Crippen LogP contribution in [0.25, 0.3) is 17.2 Å². The second kappa shape index (κ2) is 6.15. The Balaban J connectivity index is 2.07. The van der Waals surface area contributed by atoms with Crippen LogP contribution in [-0.2, 0) is 17.8 Å². The van der Waals surface area contributed by atoms with Crippen LogP contribution in [0.1, 0.15) is 26.1 Å². The van der Waals surface area contributed by atoms with Gasteiger partial charge in [0.15, 0.2) is 17.3 Å². The third-order valence-electron chi connectivity index (χ3n) is 3.74. The highest BCUT2D eigenvalue weighted by Crippen LogP contribution is 2.19. The Morgan fingerprint density at radius 1 is 1.43 bits per heavy atom. The molecule has 0 aliphatic rings. The topological polar surface area (TPSA) is 98.2 Å². The van der Waals surface area contributed by atoms with Gasteiger partial charge >= 0.3 is 5.97 Å². The average molecular weight is 314 g/mol. The van der Waals surface area contributed by atoms with Crippen molar-refractivity contribution in [2.75, 3.05) is 0 Å². The van der Waals surface area contributed by atoms with Crippen LogP contribution in [0.3, 0.4) is 0 Å². The van der Waals surface area contributed by atoms with Gasteiger partial charge in [-0.1, -0.05) is 20.3 Å². The number of nitrogens with zero attached hydrogens (tertiary/aromatic N) is 6. The fourth-order valence-electron chi connectivity index (χ4n) is 2.34. The Morgan fingerprint density at radius 2 is 2.26 bits per heavy atom. The van der Waals surface area contributed by atoms with Crippen LogP contribution < -0.4 is 0 Å². The Hall–Kier alpha value is -2.77. The lowest BCUT2D eigenvalue weighted by molar-refractivity contribution is -0.137. The average Bonchev–Trinajstić information content (AvgIpc) is 3.10. The zero-order chi connectivity index (χ0) is 16.4. The summed E-state index contributed by atoms with van der Waals surface area (Å²) in [6, 6.07) is 3.62. The number of aromatic nitrogens is 6. The molecule has 23 heavy (non-hydrogen) atoms. The number of hydrogen-bond acceptors (Lipinski definition) is 5. The van der Waals surface area contributed by atoms with Crippen molar-refractivity contribution in [3.63, 3.8) is 0 Å². The third-order valence-corrected chi connectivity index (χ3v) is 3.74. The summed E-state index contributed by atoms with van der Waals surface area (Å²) >= 11 is 0. The summed E-state index contributed by atoms with van der Waals surface area (Å²) in [6.07, 6.45) is 5.01. The van der Waals surface area contributed by atoms with Gasteiger partial charge in [-0.05, 0) is 18.1 Å². The van der Waals surface area contributed by atoms with Gasteiger partial charge in [-0.25, -0.2) is 19.2 Å². The highest BCUT2D eigenvalue weighted by molar-refractivity contribution is 5.67. The molecule has 0 amide bonds. The number of carboxylic acid groups (broad SMARTS) is 1. The summed E-state index contributed by atoms with van der Waals surface area (Å²) in [5.74, 6) is 0.579. The van der Waals surface area contributed by atoms with Crippen molar-refractivity contribution in [3.05, 3.63) is 30.4 Å². The highest BCUT2D eigenvalue weighted by Gasteiger charge is 2.19. The number of fused-ring (bicyclic) bond motifs is 1. The molecule has 0 aliphatic heterocycles. The molecule has 8 heteroatoms. The lowest BCUT2D eigenvalue weighted by Crippen LogP contribution is -2.12. The van der Waals surface area contributed by atoms with E-state index in [1.807, 2.05) is 6.07 Å². The van der Waals surface area contributed by atoms with Crippen molar-refractivity contribution in [2.24, 2.45) is 5.92 Å². The number of imidazole rings is 1.